The lowest BCUT2D eigenvalue weighted by Gasteiger charge is -2.22. The van der Waals surface area contributed by atoms with Gasteiger partial charge in [-0.05, 0) is 37.1 Å². The Balaban J connectivity index is 1.43. The van der Waals surface area contributed by atoms with Gasteiger partial charge in [0.25, 0.3) is 0 Å². The van der Waals surface area contributed by atoms with Crippen LogP contribution in [0.5, 0.6) is 0 Å². The Morgan fingerprint density at radius 2 is 1.86 bits per heavy atom. The van der Waals surface area contributed by atoms with E-state index in [1.807, 2.05) is 0 Å². The molecule has 0 saturated carbocycles. The zero-order valence-electron chi connectivity index (χ0n) is 15.8. The van der Waals surface area contributed by atoms with Crippen LogP contribution in [0.25, 0.3) is 11.4 Å². The van der Waals surface area contributed by atoms with Crippen LogP contribution >= 0.6 is 0 Å². The number of amides is 1. The van der Waals surface area contributed by atoms with Crippen molar-refractivity contribution in [1.82, 2.24) is 19.9 Å². The molecule has 1 aromatic carbocycles. The largest absolute Gasteiger partial charge is 0.401 e. The first-order chi connectivity index (χ1) is 13.8. The molecular weight excluding hydrogens is 392 g/mol. The summed E-state index contributed by atoms with van der Waals surface area (Å²) in [6, 6.07) is 5.71. The number of hydrogen-bond acceptors (Lipinski definition) is 5. The monoisotopic (exact) mass is 414 g/mol. The summed E-state index contributed by atoms with van der Waals surface area (Å²) in [5, 5.41) is 3.85. The maximum Gasteiger partial charge on any atom is 0.401 e. The van der Waals surface area contributed by atoms with E-state index in [4.69, 9.17) is 4.52 Å². The number of aromatic nitrogens is 2. The molecule has 0 aliphatic carbocycles. The predicted octanol–water partition coefficient (Wildman–Crippen LogP) is 3.30. The SMILES string of the molecule is O=C(CCCc1nc(-c2ccc(F)cc2)no1)N1CCCN(CC(F)(F)F)CC1. The number of halogens is 4. The molecule has 0 N–H and O–H groups in total. The maximum atomic E-state index is 13.0. The molecule has 0 unspecified atom stereocenters. The molecule has 0 atom stereocenters. The third-order valence-electron chi connectivity index (χ3n) is 4.70. The highest BCUT2D eigenvalue weighted by Gasteiger charge is 2.31. The molecular formula is C19H22F4N4O2. The Kier molecular flexibility index (Phi) is 6.83. The van der Waals surface area contributed by atoms with Gasteiger partial charge in [0.05, 0.1) is 6.54 Å². The topological polar surface area (TPSA) is 62.5 Å². The second kappa shape index (κ2) is 9.34. The average molecular weight is 414 g/mol. The Morgan fingerprint density at radius 3 is 2.59 bits per heavy atom. The van der Waals surface area contributed by atoms with Crippen LogP contribution in [0.4, 0.5) is 17.6 Å². The van der Waals surface area contributed by atoms with Crippen molar-refractivity contribution in [1.29, 1.82) is 0 Å². The molecule has 0 bridgehead atoms. The summed E-state index contributed by atoms with van der Waals surface area (Å²) in [4.78, 5) is 19.6. The third kappa shape index (κ3) is 6.52. The zero-order valence-corrected chi connectivity index (χ0v) is 15.8. The van der Waals surface area contributed by atoms with Gasteiger partial charge in [-0.2, -0.15) is 18.2 Å². The van der Waals surface area contributed by atoms with Gasteiger partial charge in [0.1, 0.15) is 5.82 Å². The molecule has 158 valence electrons. The highest BCUT2D eigenvalue weighted by atomic mass is 19.4. The van der Waals surface area contributed by atoms with E-state index in [9.17, 15) is 22.4 Å². The van der Waals surface area contributed by atoms with Crippen LogP contribution in [0.2, 0.25) is 0 Å². The molecule has 29 heavy (non-hydrogen) atoms. The number of hydrogen-bond donors (Lipinski definition) is 0. The maximum absolute atomic E-state index is 13.0. The van der Waals surface area contributed by atoms with E-state index in [0.717, 1.165) is 0 Å². The summed E-state index contributed by atoms with van der Waals surface area (Å²) < 4.78 is 55.7. The summed E-state index contributed by atoms with van der Waals surface area (Å²) in [5.41, 5.74) is 0.630. The molecule has 2 aromatic rings. The number of nitrogens with zero attached hydrogens (tertiary/aromatic N) is 4. The van der Waals surface area contributed by atoms with Crippen LogP contribution in [-0.4, -0.2) is 64.7 Å². The Hall–Kier alpha value is -2.49. The van der Waals surface area contributed by atoms with Crippen molar-refractivity contribution >= 4 is 5.91 Å². The summed E-state index contributed by atoms with van der Waals surface area (Å²) in [5.74, 6) is 0.288. The quantitative estimate of drug-likeness (QED) is 0.679. The highest BCUT2D eigenvalue weighted by molar-refractivity contribution is 5.76. The number of carbonyl (C=O) groups is 1. The van der Waals surface area contributed by atoms with Gasteiger partial charge in [-0.1, -0.05) is 5.16 Å². The van der Waals surface area contributed by atoms with Crippen molar-refractivity contribution in [3.8, 4) is 11.4 Å². The standard InChI is InChI=1S/C19H22F4N4O2/c20-15-7-5-14(6-8-15)18-24-16(29-25-18)3-1-4-17(28)27-10-2-9-26(11-12-27)13-19(21,22)23/h5-8H,1-4,9-13H2. The van der Waals surface area contributed by atoms with E-state index < -0.39 is 12.7 Å². The fourth-order valence-corrected chi connectivity index (χ4v) is 3.25. The Bertz CT molecular complexity index is 807. The van der Waals surface area contributed by atoms with Gasteiger partial charge >= 0.3 is 6.18 Å². The molecule has 2 heterocycles. The van der Waals surface area contributed by atoms with Crippen molar-refractivity contribution in [2.75, 3.05) is 32.7 Å². The number of carbonyl (C=O) groups excluding carboxylic acids is 1. The molecule has 0 radical (unpaired) electrons. The van der Waals surface area contributed by atoms with E-state index >= 15 is 0 Å². The van der Waals surface area contributed by atoms with Crippen molar-refractivity contribution in [3.63, 3.8) is 0 Å². The first kappa shape index (κ1) is 21.2. The fourth-order valence-electron chi connectivity index (χ4n) is 3.25. The van der Waals surface area contributed by atoms with Gasteiger partial charge in [0, 0.05) is 44.6 Å². The zero-order chi connectivity index (χ0) is 20.9. The summed E-state index contributed by atoms with van der Waals surface area (Å²) in [7, 11) is 0. The van der Waals surface area contributed by atoms with Crippen LogP contribution in [0.1, 0.15) is 25.2 Å². The minimum absolute atomic E-state index is 0.0860. The smallest absolute Gasteiger partial charge is 0.341 e. The molecule has 1 amide bonds. The van der Waals surface area contributed by atoms with Gasteiger partial charge < -0.3 is 9.42 Å². The van der Waals surface area contributed by atoms with Crippen LogP contribution in [0.15, 0.2) is 28.8 Å². The van der Waals surface area contributed by atoms with Gasteiger partial charge in [0.2, 0.25) is 17.6 Å². The van der Waals surface area contributed by atoms with Crippen molar-refractivity contribution in [2.45, 2.75) is 31.9 Å². The lowest BCUT2D eigenvalue weighted by molar-refractivity contribution is -0.145. The van der Waals surface area contributed by atoms with E-state index in [2.05, 4.69) is 10.1 Å². The van der Waals surface area contributed by atoms with Crippen LogP contribution in [0, 0.1) is 5.82 Å². The number of benzene rings is 1. The van der Waals surface area contributed by atoms with Crippen LogP contribution in [0.3, 0.4) is 0 Å². The fraction of sp³-hybridized carbons (Fsp3) is 0.526. The Morgan fingerprint density at radius 1 is 1.10 bits per heavy atom. The predicted molar refractivity (Wildman–Crippen MR) is 96.3 cm³/mol. The molecule has 1 aliphatic heterocycles. The Labute approximate surface area is 165 Å². The third-order valence-corrected chi connectivity index (χ3v) is 4.70. The molecule has 1 saturated heterocycles. The average Bonchev–Trinajstić information content (AvgIpc) is 3.00. The molecule has 1 aromatic heterocycles. The van der Waals surface area contributed by atoms with E-state index in [-0.39, 0.29) is 24.7 Å². The van der Waals surface area contributed by atoms with Crippen molar-refractivity contribution < 1.29 is 26.9 Å². The van der Waals surface area contributed by atoms with Crippen molar-refractivity contribution in [3.05, 3.63) is 36.0 Å². The second-order valence-corrected chi connectivity index (χ2v) is 7.00. The van der Waals surface area contributed by atoms with Gasteiger partial charge in [-0.15, -0.1) is 0 Å². The number of rotatable bonds is 6. The molecule has 3 rings (SSSR count). The van der Waals surface area contributed by atoms with E-state index in [0.29, 0.717) is 56.2 Å². The second-order valence-electron chi connectivity index (χ2n) is 7.00. The molecule has 1 aliphatic rings. The molecule has 1 fully saturated rings. The van der Waals surface area contributed by atoms with Gasteiger partial charge in [-0.3, -0.25) is 9.69 Å². The van der Waals surface area contributed by atoms with Gasteiger partial charge in [-0.25, -0.2) is 4.39 Å². The van der Waals surface area contributed by atoms with Crippen molar-refractivity contribution in [2.24, 2.45) is 0 Å². The first-order valence-electron chi connectivity index (χ1n) is 9.45. The van der Waals surface area contributed by atoms with Crippen LogP contribution < -0.4 is 0 Å². The minimum Gasteiger partial charge on any atom is -0.341 e. The summed E-state index contributed by atoms with van der Waals surface area (Å²) >= 11 is 0. The molecule has 0 spiro atoms. The summed E-state index contributed by atoms with van der Waals surface area (Å²) in [6.45, 7) is 0.364. The van der Waals surface area contributed by atoms with E-state index in [1.54, 1.807) is 17.0 Å². The van der Waals surface area contributed by atoms with Crippen LogP contribution in [-0.2, 0) is 11.2 Å². The van der Waals surface area contributed by atoms with E-state index in [1.165, 1.54) is 17.0 Å². The number of alkyl halides is 3. The molecule has 10 heteroatoms. The number of aryl methyl sites for hydroxylation is 1. The highest BCUT2D eigenvalue weighted by Crippen LogP contribution is 2.19. The normalized spacial score (nSPS) is 16.1. The van der Waals surface area contributed by atoms with Gasteiger partial charge in [0.15, 0.2) is 0 Å². The minimum atomic E-state index is -4.23. The lowest BCUT2D eigenvalue weighted by Crippen LogP contribution is -2.38. The molecule has 6 nitrogen and oxygen atoms in total. The first-order valence-corrected chi connectivity index (χ1v) is 9.45. The lowest BCUT2D eigenvalue weighted by atomic mass is 10.2. The summed E-state index contributed by atoms with van der Waals surface area (Å²) in [6.07, 6.45) is -2.54.